The van der Waals surface area contributed by atoms with Crippen molar-refractivity contribution >= 4 is 11.8 Å². The molecule has 0 saturated carbocycles. The van der Waals surface area contributed by atoms with Crippen molar-refractivity contribution in [2.24, 2.45) is 11.5 Å². The highest BCUT2D eigenvalue weighted by molar-refractivity contribution is 5.97. The number of amides is 2. The topological polar surface area (TPSA) is 106 Å². The van der Waals surface area contributed by atoms with Crippen LogP contribution < -0.4 is 11.5 Å². The van der Waals surface area contributed by atoms with Gasteiger partial charge < -0.3 is 16.6 Å². The van der Waals surface area contributed by atoms with Gasteiger partial charge in [-0.05, 0) is 23.8 Å². The highest BCUT2D eigenvalue weighted by Crippen LogP contribution is 2.11. The second kappa shape index (κ2) is 3.89. The molecule has 5 nitrogen and oxygen atoms in total. The number of hydrogen-bond donors (Lipinski definition) is 3. The van der Waals surface area contributed by atoms with Crippen LogP contribution in [0.5, 0.6) is 0 Å². The number of aliphatic hydroxyl groups is 1. The van der Waals surface area contributed by atoms with Crippen molar-refractivity contribution in [1.82, 2.24) is 0 Å². The summed E-state index contributed by atoms with van der Waals surface area (Å²) < 4.78 is 0. The first-order valence-electron chi connectivity index (χ1n) is 3.89. The normalized spacial score (nSPS) is 9.79. The van der Waals surface area contributed by atoms with Gasteiger partial charge in [0.15, 0.2) is 0 Å². The molecule has 0 fully saturated rings. The lowest BCUT2D eigenvalue weighted by Gasteiger charge is -2.04. The maximum absolute atomic E-state index is 10.9. The van der Waals surface area contributed by atoms with E-state index in [9.17, 15) is 9.59 Å². The summed E-state index contributed by atoms with van der Waals surface area (Å²) in [6.07, 6.45) is 0. The standard InChI is InChI=1S/C9H10N2O3/c10-8(13)5-1-2-7(9(11)14)6(3-5)4-12/h1-3,12H,4H2,(H2,10,13)(H2,11,14). The predicted molar refractivity (Wildman–Crippen MR) is 49.4 cm³/mol. The molecule has 5 N–H and O–H groups in total. The van der Waals surface area contributed by atoms with Crippen molar-refractivity contribution in [2.45, 2.75) is 6.61 Å². The zero-order chi connectivity index (χ0) is 10.7. The smallest absolute Gasteiger partial charge is 0.249 e. The van der Waals surface area contributed by atoms with Crippen molar-refractivity contribution < 1.29 is 14.7 Å². The zero-order valence-corrected chi connectivity index (χ0v) is 7.36. The Balaban J connectivity index is 3.25. The molecule has 0 unspecified atom stereocenters. The quantitative estimate of drug-likeness (QED) is 0.596. The minimum atomic E-state index is -0.648. The van der Waals surface area contributed by atoms with Gasteiger partial charge in [0, 0.05) is 11.1 Å². The Bertz CT molecular complexity index is 388. The van der Waals surface area contributed by atoms with E-state index in [0.29, 0.717) is 5.56 Å². The van der Waals surface area contributed by atoms with Crippen molar-refractivity contribution in [3.05, 3.63) is 34.9 Å². The molecule has 14 heavy (non-hydrogen) atoms. The van der Waals surface area contributed by atoms with Gasteiger partial charge >= 0.3 is 0 Å². The predicted octanol–water partition coefficient (Wildman–Crippen LogP) is -0.623. The van der Waals surface area contributed by atoms with E-state index in [2.05, 4.69) is 0 Å². The van der Waals surface area contributed by atoms with Crippen LogP contribution >= 0.6 is 0 Å². The lowest BCUT2D eigenvalue weighted by Crippen LogP contribution is -2.16. The average Bonchev–Trinajstić information content (AvgIpc) is 2.16. The third-order valence-corrected chi connectivity index (χ3v) is 1.83. The summed E-state index contributed by atoms with van der Waals surface area (Å²) in [6.45, 7) is -0.362. The second-order valence-electron chi connectivity index (χ2n) is 2.76. The van der Waals surface area contributed by atoms with Gasteiger partial charge in [-0.25, -0.2) is 0 Å². The van der Waals surface area contributed by atoms with Crippen LogP contribution in [0.4, 0.5) is 0 Å². The van der Waals surface area contributed by atoms with Crippen LogP contribution in [0.15, 0.2) is 18.2 Å². The monoisotopic (exact) mass is 194 g/mol. The summed E-state index contributed by atoms with van der Waals surface area (Å²) in [6, 6.07) is 4.11. The zero-order valence-electron chi connectivity index (χ0n) is 7.36. The number of hydrogen-bond acceptors (Lipinski definition) is 3. The fourth-order valence-corrected chi connectivity index (χ4v) is 1.12. The van der Waals surface area contributed by atoms with E-state index < -0.39 is 11.8 Å². The van der Waals surface area contributed by atoms with Crippen molar-refractivity contribution in [1.29, 1.82) is 0 Å². The number of aliphatic hydroxyl groups excluding tert-OH is 1. The third-order valence-electron chi connectivity index (χ3n) is 1.83. The second-order valence-corrected chi connectivity index (χ2v) is 2.76. The first-order valence-corrected chi connectivity index (χ1v) is 3.89. The van der Waals surface area contributed by atoms with Gasteiger partial charge in [-0.15, -0.1) is 0 Å². The van der Waals surface area contributed by atoms with Crippen molar-refractivity contribution in [2.75, 3.05) is 0 Å². The maximum atomic E-state index is 10.9. The lowest BCUT2D eigenvalue weighted by molar-refractivity contribution is 0.0986. The number of carbonyl (C=O) groups excluding carboxylic acids is 2. The molecule has 1 aromatic carbocycles. The molecule has 0 spiro atoms. The number of carbonyl (C=O) groups is 2. The molecule has 0 bridgehead atoms. The van der Waals surface area contributed by atoms with E-state index in [0.717, 1.165) is 0 Å². The van der Waals surface area contributed by atoms with E-state index in [4.69, 9.17) is 16.6 Å². The summed E-state index contributed by atoms with van der Waals surface area (Å²) in [4.78, 5) is 21.6. The van der Waals surface area contributed by atoms with Crippen molar-refractivity contribution in [3.8, 4) is 0 Å². The largest absolute Gasteiger partial charge is 0.392 e. The minimum Gasteiger partial charge on any atom is -0.392 e. The number of nitrogens with two attached hydrogens (primary N) is 2. The molecule has 0 aromatic heterocycles. The van der Waals surface area contributed by atoms with Crippen LogP contribution in [0.1, 0.15) is 26.3 Å². The van der Waals surface area contributed by atoms with Crippen LogP contribution in [-0.2, 0) is 6.61 Å². The Kier molecular flexibility index (Phi) is 2.83. The molecule has 0 heterocycles. The lowest BCUT2D eigenvalue weighted by atomic mass is 10.0. The van der Waals surface area contributed by atoms with E-state index in [1.807, 2.05) is 0 Å². The molecule has 0 atom stereocenters. The van der Waals surface area contributed by atoms with E-state index in [-0.39, 0.29) is 17.7 Å². The number of benzene rings is 1. The number of rotatable bonds is 3. The van der Waals surface area contributed by atoms with Crippen LogP contribution in [0, 0.1) is 0 Å². The molecular formula is C9H10N2O3. The van der Waals surface area contributed by atoms with E-state index in [1.165, 1.54) is 18.2 Å². The molecule has 74 valence electrons. The third kappa shape index (κ3) is 1.89. The molecule has 0 aliphatic rings. The minimum absolute atomic E-state index is 0.192. The highest BCUT2D eigenvalue weighted by Gasteiger charge is 2.09. The Labute approximate surface area is 80.3 Å². The molecule has 0 saturated heterocycles. The van der Waals surface area contributed by atoms with Gasteiger partial charge in [0.05, 0.1) is 6.61 Å². The highest BCUT2D eigenvalue weighted by atomic mass is 16.3. The summed E-state index contributed by atoms with van der Waals surface area (Å²) in [5, 5.41) is 8.91. The Morgan fingerprint density at radius 1 is 1.21 bits per heavy atom. The first kappa shape index (κ1) is 10.2. The number of primary amides is 2. The summed E-state index contributed by atoms with van der Waals surface area (Å²) >= 11 is 0. The van der Waals surface area contributed by atoms with Crippen LogP contribution in [0.3, 0.4) is 0 Å². The van der Waals surface area contributed by atoms with Gasteiger partial charge in [0.2, 0.25) is 11.8 Å². The molecule has 2 amide bonds. The van der Waals surface area contributed by atoms with E-state index in [1.54, 1.807) is 0 Å². The Hall–Kier alpha value is -1.88. The average molecular weight is 194 g/mol. The fraction of sp³-hybridized carbons (Fsp3) is 0.111. The molecule has 0 radical (unpaired) electrons. The summed E-state index contributed by atoms with van der Waals surface area (Å²) in [7, 11) is 0. The molecular weight excluding hydrogens is 184 g/mol. The molecule has 0 aliphatic heterocycles. The summed E-state index contributed by atoms with van der Waals surface area (Å²) in [5.41, 5.74) is 10.8. The molecule has 1 rings (SSSR count). The molecule has 5 heteroatoms. The van der Waals surface area contributed by atoms with Gasteiger partial charge in [-0.3, -0.25) is 9.59 Å². The molecule has 0 aliphatic carbocycles. The van der Waals surface area contributed by atoms with Crippen LogP contribution in [-0.4, -0.2) is 16.9 Å². The van der Waals surface area contributed by atoms with Gasteiger partial charge in [0.1, 0.15) is 0 Å². The molecule has 1 aromatic rings. The van der Waals surface area contributed by atoms with Crippen LogP contribution in [0.2, 0.25) is 0 Å². The first-order chi connectivity index (χ1) is 6.56. The Morgan fingerprint density at radius 2 is 1.86 bits per heavy atom. The Morgan fingerprint density at radius 3 is 2.29 bits per heavy atom. The summed E-state index contributed by atoms with van der Waals surface area (Å²) in [5.74, 6) is -1.26. The maximum Gasteiger partial charge on any atom is 0.249 e. The fourth-order valence-electron chi connectivity index (χ4n) is 1.12. The van der Waals surface area contributed by atoms with Gasteiger partial charge in [-0.2, -0.15) is 0 Å². The SMILES string of the molecule is NC(=O)c1ccc(C(N)=O)c(CO)c1. The van der Waals surface area contributed by atoms with Crippen LogP contribution in [0.25, 0.3) is 0 Å². The van der Waals surface area contributed by atoms with Gasteiger partial charge in [-0.1, -0.05) is 0 Å². The van der Waals surface area contributed by atoms with E-state index >= 15 is 0 Å². The van der Waals surface area contributed by atoms with Crippen molar-refractivity contribution in [3.63, 3.8) is 0 Å². The van der Waals surface area contributed by atoms with Gasteiger partial charge in [0.25, 0.3) is 0 Å².